The van der Waals surface area contributed by atoms with E-state index in [-0.39, 0.29) is 12.1 Å². The van der Waals surface area contributed by atoms with Crippen LogP contribution in [0.3, 0.4) is 0 Å². The lowest BCUT2D eigenvalue weighted by molar-refractivity contribution is 0.0224. The molecular formula is C20H31N3O4. The van der Waals surface area contributed by atoms with Crippen LogP contribution in [-0.2, 0) is 9.47 Å². The first-order chi connectivity index (χ1) is 12.4. The first kappa shape index (κ1) is 21.0. The molecule has 1 atom stereocenters. The summed E-state index contributed by atoms with van der Waals surface area (Å²) >= 11 is 0. The van der Waals surface area contributed by atoms with Gasteiger partial charge < -0.3 is 14.4 Å². The molecule has 0 saturated carbocycles. The van der Waals surface area contributed by atoms with Crippen LogP contribution in [-0.4, -0.2) is 46.9 Å². The van der Waals surface area contributed by atoms with Crippen molar-refractivity contribution in [2.75, 3.05) is 18.5 Å². The lowest BCUT2D eigenvalue weighted by Crippen LogP contribution is -2.36. The minimum atomic E-state index is -0.566. The van der Waals surface area contributed by atoms with E-state index in [1.807, 2.05) is 47.6 Å². The highest BCUT2D eigenvalue weighted by Gasteiger charge is 2.33. The third-order valence-electron chi connectivity index (χ3n) is 4.05. The van der Waals surface area contributed by atoms with Crippen LogP contribution in [0.1, 0.15) is 66.0 Å². The van der Waals surface area contributed by atoms with E-state index in [1.54, 1.807) is 24.2 Å². The van der Waals surface area contributed by atoms with E-state index < -0.39 is 17.3 Å². The summed E-state index contributed by atoms with van der Waals surface area (Å²) in [6.07, 6.45) is 2.73. The van der Waals surface area contributed by atoms with E-state index in [0.29, 0.717) is 12.4 Å². The first-order valence-corrected chi connectivity index (χ1v) is 9.30. The van der Waals surface area contributed by atoms with E-state index in [2.05, 4.69) is 4.98 Å². The Bertz CT molecular complexity index is 674. The van der Waals surface area contributed by atoms with E-state index >= 15 is 0 Å². The van der Waals surface area contributed by atoms with Crippen LogP contribution in [0.15, 0.2) is 18.3 Å². The van der Waals surface area contributed by atoms with Gasteiger partial charge in [-0.05, 0) is 66.0 Å². The Balaban J connectivity index is 2.09. The summed E-state index contributed by atoms with van der Waals surface area (Å²) in [5.41, 5.74) is -0.161. The molecule has 2 amide bonds. The van der Waals surface area contributed by atoms with Gasteiger partial charge in [0.1, 0.15) is 17.0 Å². The zero-order valence-corrected chi connectivity index (χ0v) is 17.4. The van der Waals surface area contributed by atoms with Gasteiger partial charge in [0.05, 0.1) is 6.04 Å². The molecule has 1 aliphatic rings. The number of aromatic nitrogens is 1. The van der Waals surface area contributed by atoms with Gasteiger partial charge in [0.2, 0.25) is 0 Å². The molecular weight excluding hydrogens is 346 g/mol. The maximum Gasteiger partial charge on any atom is 0.415 e. The van der Waals surface area contributed by atoms with Crippen molar-refractivity contribution >= 4 is 18.0 Å². The fourth-order valence-electron chi connectivity index (χ4n) is 2.87. The minimum Gasteiger partial charge on any atom is -0.444 e. The third-order valence-corrected chi connectivity index (χ3v) is 4.05. The zero-order valence-electron chi connectivity index (χ0n) is 17.4. The monoisotopic (exact) mass is 377 g/mol. The number of ether oxygens (including phenoxy) is 2. The van der Waals surface area contributed by atoms with Crippen molar-refractivity contribution in [2.45, 2.75) is 71.6 Å². The average Bonchev–Trinajstić information content (AvgIpc) is 3.01. The minimum absolute atomic E-state index is 0.0618. The Labute approximate surface area is 161 Å². The number of carbonyl (C=O) groups excluding carboxylic acids is 2. The normalized spacial score (nSPS) is 17.6. The largest absolute Gasteiger partial charge is 0.444 e. The lowest BCUT2D eigenvalue weighted by atomic mass is 10.1. The number of rotatable bonds is 2. The number of carbonyl (C=O) groups is 2. The molecule has 0 bridgehead atoms. The van der Waals surface area contributed by atoms with Crippen molar-refractivity contribution in [3.05, 3.63) is 23.9 Å². The van der Waals surface area contributed by atoms with Crippen molar-refractivity contribution < 1.29 is 19.1 Å². The first-order valence-electron chi connectivity index (χ1n) is 9.30. The van der Waals surface area contributed by atoms with E-state index in [9.17, 15) is 9.59 Å². The Hall–Kier alpha value is -2.31. The molecule has 1 saturated heterocycles. The van der Waals surface area contributed by atoms with Crippen LogP contribution in [0.4, 0.5) is 15.4 Å². The summed E-state index contributed by atoms with van der Waals surface area (Å²) in [4.78, 5) is 32.1. The third kappa shape index (κ3) is 5.84. The highest BCUT2D eigenvalue weighted by molar-refractivity contribution is 5.85. The summed E-state index contributed by atoms with van der Waals surface area (Å²) in [6, 6.07) is 3.61. The zero-order chi connectivity index (χ0) is 20.4. The van der Waals surface area contributed by atoms with Gasteiger partial charge in [0.15, 0.2) is 0 Å². The van der Waals surface area contributed by atoms with Crippen LogP contribution in [0.25, 0.3) is 0 Å². The molecule has 27 heavy (non-hydrogen) atoms. The summed E-state index contributed by atoms with van der Waals surface area (Å²) in [7, 11) is 1.62. The highest BCUT2D eigenvalue weighted by atomic mass is 16.6. The number of nitrogens with zero attached hydrogens (tertiary/aromatic N) is 3. The number of hydrogen-bond acceptors (Lipinski definition) is 5. The molecule has 1 aromatic heterocycles. The molecule has 0 aliphatic carbocycles. The molecule has 0 radical (unpaired) electrons. The number of anilines is 1. The molecule has 0 spiro atoms. The van der Waals surface area contributed by atoms with Crippen LogP contribution < -0.4 is 4.90 Å². The topological polar surface area (TPSA) is 72.0 Å². The van der Waals surface area contributed by atoms with Crippen molar-refractivity contribution in [1.29, 1.82) is 0 Å². The average molecular weight is 377 g/mol. The molecule has 7 nitrogen and oxygen atoms in total. The Kier molecular flexibility index (Phi) is 6.02. The predicted octanol–water partition coefficient (Wildman–Crippen LogP) is 4.52. The second kappa shape index (κ2) is 7.74. The van der Waals surface area contributed by atoms with Gasteiger partial charge in [0, 0.05) is 19.8 Å². The second-order valence-electron chi connectivity index (χ2n) is 8.82. The Morgan fingerprint density at radius 1 is 1.11 bits per heavy atom. The van der Waals surface area contributed by atoms with Crippen molar-refractivity contribution in [2.24, 2.45) is 0 Å². The van der Waals surface area contributed by atoms with Gasteiger partial charge in [-0.1, -0.05) is 6.07 Å². The number of pyridine rings is 1. The van der Waals surface area contributed by atoms with Gasteiger partial charge in [-0.15, -0.1) is 0 Å². The molecule has 7 heteroatoms. The molecule has 150 valence electrons. The number of hydrogen-bond donors (Lipinski definition) is 0. The second-order valence-corrected chi connectivity index (χ2v) is 8.82. The fraction of sp³-hybridized carbons (Fsp3) is 0.650. The molecule has 0 N–H and O–H groups in total. The lowest BCUT2D eigenvalue weighted by Gasteiger charge is -2.29. The molecule has 2 rings (SSSR count). The van der Waals surface area contributed by atoms with Gasteiger partial charge >= 0.3 is 12.2 Å². The predicted molar refractivity (Wildman–Crippen MR) is 104 cm³/mol. The molecule has 2 heterocycles. The number of amides is 2. The summed E-state index contributed by atoms with van der Waals surface area (Å²) < 4.78 is 10.9. The highest BCUT2D eigenvalue weighted by Crippen LogP contribution is 2.33. The maximum atomic E-state index is 12.5. The molecule has 1 aromatic rings. The van der Waals surface area contributed by atoms with Crippen LogP contribution in [0.5, 0.6) is 0 Å². The molecule has 1 fully saturated rings. The molecule has 1 aliphatic heterocycles. The number of likely N-dealkylation sites (tertiary alicyclic amines) is 1. The summed E-state index contributed by atoms with van der Waals surface area (Å²) in [6.45, 7) is 11.7. The molecule has 0 aromatic carbocycles. The van der Waals surface area contributed by atoms with Crippen LogP contribution in [0, 0.1) is 0 Å². The maximum absolute atomic E-state index is 12.5. The van der Waals surface area contributed by atoms with Gasteiger partial charge in [0.25, 0.3) is 0 Å². The van der Waals surface area contributed by atoms with E-state index in [4.69, 9.17) is 9.47 Å². The van der Waals surface area contributed by atoms with E-state index in [1.165, 1.54) is 4.90 Å². The van der Waals surface area contributed by atoms with E-state index in [0.717, 1.165) is 18.4 Å². The summed E-state index contributed by atoms with van der Waals surface area (Å²) in [5.74, 6) is 0.495. The SMILES string of the molecule is CN(C(=O)OC(C)(C)C)c1ccc([C@H]2CCCN2C(=O)OC(C)(C)C)cn1. The van der Waals surface area contributed by atoms with Crippen molar-refractivity contribution in [1.82, 2.24) is 9.88 Å². The van der Waals surface area contributed by atoms with Crippen LogP contribution in [0.2, 0.25) is 0 Å². The van der Waals surface area contributed by atoms with Crippen molar-refractivity contribution in [3.8, 4) is 0 Å². The van der Waals surface area contributed by atoms with Crippen molar-refractivity contribution in [3.63, 3.8) is 0 Å². The van der Waals surface area contributed by atoms with Crippen LogP contribution >= 0.6 is 0 Å². The Morgan fingerprint density at radius 3 is 2.26 bits per heavy atom. The van der Waals surface area contributed by atoms with Gasteiger partial charge in [-0.2, -0.15) is 0 Å². The van der Waals surface area contributed by atoms with Gasteiger partial charge in [-0.25, -0.2) is 14.6 Å². The quantitative estimate of drug-likeness (QED) is 0.757. The molecule has 0 unspecified atom stereocenters. The Morgan fingerprint density at radius 2 is 1.74 bits per heavy atom. The van der Waals surface area contributed by atoms with Gasteiger partial charge in [-0.3, -0.25) is 4.90 Å². The fourth-order valence-corrected chi connectivity index (χ4v) is 2.87. The summed E-state index contributed by atoms with van der Waals surface area (Å²) in [5, 5.41) is 0. The standard InChI is InChI=1S/C20H31N3O4/c1-19(2,3)26-17(24)22(7)16-11-10-14(13-21-16)15-9-8-12-23(15)18(25)27-20(4,5)6/h10-11,13,15H,8-9,12H2,1-7H3/t15-/m1/s1. The smallest absolute Gasteiger partial charge is 0.415 e.